The van der Waals surface area contributed by atoms with Gasteiger partial charge in [-0.15, -0.1) is 0 Å². The highest BCUT2D eigenvalue weighted by atomic mass is 16.7. The summed E-state index contributed by atoms with van der Waals surface area (Å²) in [5.41, 5.74) is 0.317. The van der Waals surface area contributed by atoms with Crippen molar-refractivity contribution in [1.82, 2.24) is 4.90 Å². The summed E-state index contributed by atoms with van der Waals surface area (Å²) < 4.78 is 25.6. The average Bonchev–Trinajstić information content (AvgIpc) is 2.67. The normalized spacial score (nSPS) is 14.4. The molecule has 0 unspecified atom stereocenters. The average molecular weight is 399 g/mol. The van der Waals surface area contributed by atoms with Crippen LogP contribution in [0.1, 0.15) is 27.2 Å². The molecule has 0 amide bonds. The van der Waals surface area contributed by atoms with Gasteiger partial charge in [0, 0.05) is 32.5 Å². The number of carbonyl (C=O) groups excluding carboxylic acids is 3. The Morgan fingerprint density at radius 2 is 1.36 bits per heavy atom. The van der Waals surface area contributed by atoms with Crippen LogP contribution in [0, 0.1) is 5.92 Å². The molecule has 0 aliphatic carbocycles. The van der Waals surface area contributed by atoms with E-state index >= 15 is 0 Å². The fourth-order valence-electron chi connectivity index (χ4n) is 2.69. The van der Waals surface area contributed by atoms with Gasteiger partial charge in [-0.1, -0.05) is 0 Å². The van der Waals surface area contributed by atoms with Crippen LogP contribution < -0.4 is 0 Å². The number of rotatable bonds is 11. The summed E-state index contributed by atoms with van der Waals surface area (Å²) in [5.74, 6) is -2.61. The van der Waals surface area contributed by atoms with Crippen LogP contribution in [-0.2, 0) is 38.1 Å². The van der Waals surface area contributed by atoms with E-state index in [0.29, 0.717) is 0 Å². The standard InChI is InChI=1S/C19H29NO8/c1-6-26-16(21)9-13-14(18(22)27-7-2)10-20(12-17(24-4)25-5)11-15(13)19(23)28-8-3/h10-11,13,17H,6-9,12H2,1-5H3. The van der Waals surface area contributed by atoms with Crippen molar-refractivity contribution in [3.8, 4) is 0 Å². The smallest absolute Gasteiger partial charge is 0.336 e. The lowest BCUT2D eigenvalue weighted by Crippen LogP contribution is -2.35. The summed E-state index contributed by atoms with van der Waals surface area (Å²) in [4.78, 5) is 38.7. The van der Waals surface area contributed by atoms with E-state index in [1.165, 1.54) is 26.6 Å². The summed E-state index contributed by atoms with van der Waals surface area (Å²) in [6.07, 6.45) is 2.27. The Morgan fingerprint density at radius 3 is 1.75 bits per heavy atom. The summed E-state index contributed by atoms with van der Waals surface area (Å²) in [7, 11) is 2.96. The van der Waals surface area contributed by atoms with Crippen LogP contribution in [0.4, 0.5) is 0 Å². The maximum atomic E-state index is 12.5. The molecule has 0 atom stereocenters. The lowest BCUT2D eigenvalue weighted by molar-refractivity contribution is -0.144. The summed E-state index contributed by atoms with van der Waals surface area (Å²) in [5, 5.41) is 0. The molecule has 1 heterocycles. The minimum absolute atomic E-state index is 0.152. The fourth-order valence-corrected chi connectivity index (χ4v) is 2.69. The molecule has 0 aromatic rings. The van der Waals surface area contributed by atoms with Crippen molar-refractivity contribution in [2.45, 2.75) is 33.5 Å². The van der Waals surface area contributed by atoms with Crippen LogP contribution in [0.5, 0.6) is 0 Å². The zero-order valence-electron chi connectivity index (χ0n) is 17.1. The third kappa shape index (κ3) is 6.65. The zero-order valence-corrected chi connectivity index (χ0v) is 17.1. The number of carbonyl (C=O) groups is 3. The number of hydrogen-bond acceptors (Lipinski definition) is 9. The van der Waals surface area contributed by atoms with E-state index in [0.717, 1.165) is 0 Å². The molecule has 9 nitrogen and oxygen atoms in total. The Labute approximate surface area is 165 Å². The van der Waals surface area contributed by atoms with Crippen molar-refractivity contribution in [3.63, 3.8) is 0 Å². The zero-order chi connectivity index (χ0) is 21.1. The van der Waals surface area contributed by atoms with E-state index in [-0.39, 0.29) is 43.9 Å². The minimum atomic E-state index is -0.836. The Hall–Kier alpha value is -2.39. The van der Waals surface area contributed by atoms with Crippen molar-refractivity contribution >= 4 is 17.9 Å². The van der Waals surface area contributed by atoms with Gasteiger partial charge in [0.1, 0.15) is 0 Å². The molecule has 9 heteroatoms. The van der Waals surface area contributed by atoms with Gasteiger partial charge in [-0.05, 0) is 20.8 Å². The Balaban J connectivity index is 3.30. The summed E-state index contributed by atoms with van der Waals surface area (Å²) in [6.45, 7) is 5.74. The first-order valence-corrected chi connectivity index (χ1v) is 9.16. The largest absolute Gasteiger partial charge is 0.466 e. The summed E-state index contributed by atoms with van der Waals surface area (Å²) in [6, 6.07) is 0. The van der Waals surface area contributed by atoms with Crippen LogP contribution in [0.15, 0.2) is 23.5 Å². The van der Waals surface area contributed by atoms with Crippen LogP contribution in [0.3, 0.4) is 0 Å². The highest BCUT2D eigenvalue weighted by Crippen LogP contribution is 2.32. The van der Waals surface area contributed by atoms with E-state index in [4.69, 9.17) is 23.7 Å². The van der Waals surface area contributed by atoms with Crippen LogP contribution in [0.2, 0.25) is 0 Å². The highest BCUT2D eigenvalue weighted by Gasteiger charge is 2.36. The van der Waals surface area contributed by atoms with Gasteiger partial charge in [-0.2, -0.15) is 0 Å². The first kappa shape index (κ1) is 23.6. The molecule has 28 heavy (non-hydrogen) atoms. The molecule has 158 valence electrons. The van der Waals surface area contributed by atoms with E-state index in [1.807, 2.05) is 0 Å². The number of methoxy groups -OCH3 is 2. The maximum Gasteiger partial charge on any atom is 0.336 e. The SMILES string of the molecule is CCOC(=O)CC1C(C(=O)OCC)=CN(CC(OC)OC)C=C1C(=O)OCC. The molecule has 0 saturated carbocycles. The van der Waals surface area contributed by atoms with Gasteiger partial charge in [0.2, 0.25) is 0 Å². The van der Waals surface area contributed by atoms with Gasteiger partial charge in [0.25, 0.3) is 0 Å². The van der Waals surface area contributed by atoms with Gasteiger partial charge in [-0.3, -0.25) is 4.79 Å². The molecule has 0 radical (unpaired) electrons. The Morgan fingerprint density at radius 1 is 0.893 bits per heavy atom. The van der Waals surface area contributed by atoms with Crippen molar-refractivity contribution < 1.29 is 38.1 Å². The quantitative estimate of drug-likeness (QED) is 0.290. The first-order chi connectivity index (χ1) is 13.4. The predicted molar refractivity (Wildman–Crippen MR) is 98.7 cm³/mol. The molecular formula is C19H29NO8. The van der Waals surface area contributed by atoms with Crippen molar-refractivity contribution in [1.29, 1.82) is 0 Å². The highest BCUT2D eigenvalue weighted by molar-refractivity contribution is 5.97. The van der Waals surface area contributed by atoms with E-state index in [2.05, 4.69) is 0 Å². The molecule has 1 aliphatic heterocycles. The second-order valence-electron chi connectivity index (χ2n) is 5.77. The van der Waals surface area contributed by atoms with Gasteiger partial charge in [0.05, 0.1) is 43.9 Å². The third-order valence-corrected chi connectivity index (χ3v) is 3.94. The molecular weight excluding hydrogens is 370 g/mol. The van der Waals surface area contributed by atoms with Gasteiger partial charge < -0.3 is 28.6 Å². The number of ether oxygens (including phenoxy) is 5. The fraction of sp³-hybridized carbons (Fsp3) is 0.632. The third-order valence-electron chi connectivity index (χ3n) is 3.94. The lowest BCUT2D eigenvalue weighted by Gasteiger charge is -2.31. The summed E-state index contributed by atoms with van der Waals surface area (Å²) >= 11 is 0. The Kier molecular flexibility index (Phi) is 10.3. The lowest BCUT2D eigenvalue weighted by atomic mass is 9.86. The van der Waals surface area contributed by atoms with Gasteiger partial charge >= 0.3 is 17.9 Å². The number of hydrogen-bond donors (Lipinski definition) is 0. The second-order valence-corrected chi connectivity index (χ2v) is 5.77. The molecule has 1 aliphatic rings. The predicted octanol–water partition coefficient (Wildman–Crippen LogP) is 1.38. The monoisotopic (exact) mass is 399 g/mol. The van der Waals surface area contributed by atoms with Gasteiger partial charge in [0.15, 0.2) is 6.29 Å². The molecule has 0 bridgehead atoms. The molecule has 0 N–H and O–H groups in total. The van der Waals surface area contributed by atoms with Crippen molar-refractivity contribution in [3.05, 3.63) is 23.5 Å². The van der Waals surface area contributed by atoms with Crippen LogP contribution in [0.25, 0.3) is 0 Å². The maximum absolute atomic E-state index is 12.5. The van der Waals surface area contributed by atoms with Crippen molar-refractivity contribution in [2.75, 3.05) is 40.6 Å². The van der Waals surface area contributed by atoms with E-state index in [1.54, 1.807) is 25.7 Å². The molecule has 0 aromatic carbocycles. The number of esters is 3. The molecule has 1 rings (SSSR count). The molecule has 0 saturated heterocycles. The van der Waals surface area contributed by atoms with Crippen LogP contribution in [-0.4, -0.2) is 69.7 Å². The van der Waals surface area contributed by atoms with Crippen LogP contribution >= 0.6 is 0 Å². The van der Waals surface area contributed by atoms with Crippen molar-refractivity contribution in [2.24, 2.45) is 5.92 Å². The molecule has 0 aromatic heterocycles. The van der Waals surface area contributed by atoms with E-state index < -0.39 is 30.1 Å². The van der Waals surface area contributed by atoms with E-state index in [9.17, 15) is 14.4 Å². The number of nitrogens with zero attached hydrogens (tertiary/aromatic N) is 1. The molecule has 0 fully saturated rings. The Bertz CT molecular complexity index is 573. The minimum Gasteiger partial charge on any atom is -0.466 e. The topological polar surface area (TPSA) is 101 Å². The molecule has 0 spiro atoms. The first-order valence-electron chi connectivity index (χ1n) is 9.16. The van der Waals surface area contributed by atoms with Gasteiger partial charge in [-0.25, -0.2) is 9.59 Å². The second kappa shape index (κ2) is 12.1.